The van der Waals surface area contributed by atoms with E-state index in [1.807, 2.05) is 37.3 Å². The monoisotopic (exact) mass is 233 g/mol. The van der Waals surface area contributed by atoms with Crippen molar-refractivity contribution in [1.29, 1.82) is 0 Å². The molecule has 0 bridgehead atoms. The van der Waals surface area contributed by atoms with Gasteiger partial charge < -0.3 is 10.5 Å². The third-order valence-corrected chi connectivity index (χ3v) is 2.45. The Kier molecular flexibility index (Phi) is 5.43. The maximum atomic E-state index is 11.6. The van der Waals surface area contributed by atoms with Crippen molar-refractivity contribution in [3.8, 4) is 0 Å². The molecule has 0 fully saturated rings. The lowest BCUT2D eigenvalue weighted by atomic mass is 10.1. The maximum Gasteiger partial charge on any atom is 0.307 e. The van der Waals surface area contributed by atoms with Crippen LogP contribution in [0.4, 0.5) is 0 Å². The van der Waals surface area contributed by atoms with Gasteiger partial charge >= 0.3 is 5.97 Å². The Bertz CT molecular complexity index is 362. The van der Waals surface area contributed by atoms with Crippen LogP contribution in [0.25, 0.3) is 0 Å². The Morgan fingerprint density at radius 2 is 2.12 bits per heavy atom. The summed E-state index contributed by atoms with van der Waals surface area (Å²) in [6.07, 6.45) is 2.45. The van der Waals surface area contributed by atoms with E-state index in [2.05, 4.69) is 6.58 Å². The molecule has 0 aromatic heterocycles. The highest BCUT2D eigenvalue weighted by atomic mass is 16.5. The summed E-state index contributed by atoms with van der Waals surface area (Å²) in [5, 5.41) is 0. The van der Waals surface area contributed by atoms with Gasteiger partial charge in [-0.25, -0.2) is 0 Å². The molecule has 0 radical (unpaired) electrons. The second-order valence-corrected chi connectivity index (χ2v) is 4.05. The highest BCUT2D eigenvalue weighted by molar-refractivity contribution is 5.70. The predicted octanol–water partition coefficient (Wildman–Crippen LogP) is 2.58. The summed E-state index contributed by atoms with van der Waals surface area (Å²) in [5.74, 6) is -0.268. The van der Waals surface area contributed by atoms with E-state index < -0.39 is 0 Å². The van der Waals surface area contributed by atoms with Crippen molar-refractivity contribution in [2.45, 2.75) is 31.9 Å². The number of hydrogen-bond donors (Lipinski definition) is 1. The average Bonchev–Trinajstić information content (AvgIpc) is 2.30. The number of hydrogen-bond acceptors (Lipinski definition) is 3. The van der Waals surface area contributed by atoms with Gasteiger partial charge in [-0.3, -0.25) is 4.79 Å². The molecule has 0 spiro atoms. The third kappa shape index (κ3) is 4.83. The first-order valence-electron chi connectivity index (χ1n) is 5.74. The van der Waals surface area contributed by atoms with E-state index in [1.54, 1.807) is 6.08 Å². The van der Waals surface area contributed by atoms with Gasteiger partial charge in [0, 0.05) is 12.5 Å². The van der Waals surface area contributed by atoms with Gasteiger partial charge in [-0.15, -0.1) is 6.58 Å². The van der Waals surface area contributed by atoms with Crippen LogP contribution >= 0.6 is 0 Å². The highest BCUT2D eigenvalue weighted by Crippen LogP contribution is 2.14. The zero-order valence-corrected chi connectivity index (χ0v) is 10.1. The van der Waals surface area contributed by atoms with E-state index in [-0.39, 0.29) is 24.5 Å². The van der Waals surface area contributed by atoms with Crippen LogP contribution in [-0.2, 0) is 9.53 Å². The molecule has 92 valence electrons. The molecule has 0 aliphatic heterocycles. The van der Waals surface area contributed by atoms with E-state index >= 15 is 0 Å². The molecule has 3 heteroatoms. The van der Waals surface area contributed by atoms with Crippen molar-refractivity contribution in [2.24, 2.45) is 5.73 Å². The quantitative estimate of drug-likeness (QED) is 0.607. The first-order valence-corrected chi connectivity index (χ1v) is 5.74. The summed E-state index contributed by atoms with van der Waals surface area (Å²) in [6.45, 7) is 5.44. The molecule has 1 aromatic carbocycles. The van der Waals surface area contributed by atoms with Crippen LogP contribution in [-0.4, -0.2) is 12.1 Å². The average molecular weight is 233 g/mol. The molecular formula is C14H19NO2. The molecular weight excluding hydrogens is 214 g/mol. The van der Waals surface area contributed by atoms with Crippen LogP contribution in [0.2, 0.25) is 0 Å². The van der Waals surface area contributed by atoms with Gasteiger partial charge in [0.05, 0.1) is 6.42 Å². The van der Waals surface area contributed by atoms with Gasteiger partial charge in [-0.2, -0.15) is 0 Å². The molecule has 2 atom stereocenters. The fraction of sp³-hybridized carbons (Fsp3) is 0.357. The van der Waals surface area contributed by atoms with Crippen molar-refractivity contribution >= 4 is 5.97 Å². The van der Waals surface area contributed by atoms with E-state index in [0.717, 1.165) is 5.56 Å². The molecule has 1 aromatic rings. The fourth-order valence-electron chi connectivity index (χ4n) is 1.55. The van der Waals surface area contributed by atoms with Crippen molar-refractivity contribution in [3.05, 3.63) is 48.6 Å². The van der Waals surface area contributed by atoms with E-state index in [9.17, 15) is 4.79 Å². The smallest absolute Gasteiger partial charge is 0.307 e. The lowest BCUT2D eigenvalue weighted by molar-refractivity contribution is -0.148. The largest absolute Gasteiger partial charge is 0.462 e. The SMILES string of the molecule is C=CC[C@H](C)OC(=O)C[C@@H](N)c1ccccc1. The van der Waals surface area contributed by atoms with Crippen LogP contribution < -0.4 is 5.73 Å². The number of nitrogens with two attached hydrogens (primary N) is 1. The molecule has 1 rings (SSSR count). The van der Waals surface area contributed by atoms with Crippen molar-refractivity contribution in [1.82, 2.24) is 0 Å². The molecule has 0 unspecified atom stereocenters. The van der Waals surface area contributed by atoms with Crippen LogP contribution in [0.3, 0.4) is 0 Å². The summed E-state index contributed by atoms with van der Waals surface area (Å²) in [6, 6.07) is 9.23. The van der Waals surface area contributed by atoms with Gasteiger partial charge in [-0.05, 0) is 12.5 Å². The Hall–Kier alpha value is -1.61. The molecule has 3 nitrogen and oxygen atoms in total. The highest BCUT2D eigenvalue weighted by Gasteiger charge is 2.14. The van der Waals surface area contributed by atoms with Crippen LogP contribution in [0.15, 0.2) is 43.0 Å². The molecule has 0 amide bonds. The number of carbonyl (C=O) groups excluding carboxylic acids is 1. The zero-order valence-electron chi connectivity index (χ0n) is 10.1. The zero-order chi connectivity index (χ0) is 12.7. The molecule has 2 N–H and O–H groups in total. The number of esters is 1. The molecule has 0 heterocycles. The number of benzene rings is 1. The van der Waals surface area contributed by atoms with Gasteiger partial charge in [-0.1, -0.05) is 36.4 Å². The third-order valence-electron chi connectivity index (χ3n) is 2.45. The molecule has 0 aliphatic rings. The molecule has 17 heavy (non-hydrogen) atoms. The predicted molar refractivity (Wildman–Crippen MR) is 68.4 cm³/mol. The van der Waals surface area contributed by atoms with E-state index in [0.29, 0.717) is 6.42 Å². The standard InChI is InChI=1S/C14H19NO2/c1-3-7-11(2)17-14(16)10-13(15)12-8-5-4-6-9-12/h3-6,8-9,11,13H,1,7,10,15H2,2H3/t11-,13+/m0/s1. The maximum absolute atomic E-state index is 11.6. The number of rotatable bonds is 6. The summed E-state index contributed by atoms with van der Waals surface area (Å²) in [4.78, 5) is 11.6. The summed E-state index contributed by atoms with van der Waals surface area (Å²) in [7, 11) is 0. The first-order chi connectivity index (χ1) is 8.13. The summed E-state index contributed by atoms with van der Waals surface area (Å²) >= 11 is 0. The van der Waals surface area contributed by atoms with Crippen LogP contribution in [0.1, 0.15) is 31.4 Å². The Morgan fingerprint density at radius 1 is 1.47 bits per heavy atom. The van der Waals surface area contributed by atoms with E-state index in [1.165, 1.54) is 0 Å². The van der Waals surface area contributed by atoms with Crippen LogP contribution in [0, 0.1) is 0 Å². The Balaban J connectivity index is 2.43. The molecule has 0 saturated heterocycles. The van der Waals surface area contributed by atoms with Gasteiger partial charge in [0.1, 0.15) is 6.10 Å². The minimum Gasteiger partial charge on any atom is -0.462 e. The Morgan fingerprint density at radius 3 is 2.71 bits per heavy atom. The summed E-state index contributed by atoms with van der Waals surface area (Å²) in [5.41, 5.74) is 6.87. The minimum absolute atomic E-state index is 0.136. The van der Waals surface area contributed by atoms with Crippen molar-refractivity contribution in [2.75, 3.05) is 0 Å². The number of carbonyl (C=O) groups is 1. The lowest BCUT2D eigenvalue weighted by Gasteiger charge is -2.14. The van der Waals surface area contributed by atoms with Crippen molar-refractivity contribution < 1.29 is 9.53 Å². The second-order valence-electron chi connectivity index (χ2n) is 4.05. The van der Waals surface area contributed by atoms with Gasteiger partial charge in [0.15, 0.2) is 0 Å². The lowest BCUT2D eigenvalue weighted by Crippen LogP contribution is -2.20. The Labute approximate surface area is 102 Å². The van der Waals surface area contributed by atoms with Gasteiger partial charge in [0.2, 0.25) is 0 Å². The van der Waals surface area contributed by atoms with Gasteiger partial charge in [0.25, 0.3) is 0 Å². The fourth-order valence-corrected chi connectivity index (χ4v) is 1.55. The first kappa shape index (κ1) is 13.5. The summed E-state index contributed by atoms with van der Waals surface area (Å²) < 4.78 is 5.19. The van der Waals surface area contributed by atoms with E-state index in [4.69, 9.17) is 10.5 Å². The van der Waals surface area contributed by atoms with Crippen molar-refractivity contribution in [3.63, 3.8) is 0 Å². The minimum atomic E-state index is -0.306. The topological polar surface area (TPSA) is 52.3 Å². The normalized spacial score (nSPS) is 13.8. The molecule has 0 aliphatic carbocycles. The van der Waals surface area contributed by atoms with Crippen LogP contribution in [0.5, 0.6) is 0 Å². The second kappa shape index (κ2) is 6.86. The molecule has 0 saturated carbocycles. The number of ether oxygens (including phenoxy) is 1.